The number of benzene rings is 2. The SMILES string of the molecule is N#Cc1ccc(Cn2cc(C(=O)c3cccs3)c3ccccc32)cc1. The van der Waals surface area contributed by atoms with Gasteiger partial charge in [0.25, 0.3) is 0 Å². The van der Waals surface area contributed by atoms with E-state index in [1.54, 1.807) is 0 Å². The highest BCUT2D eigenvalue weighted by Gasteiger charge is 2.17. The number of carbonyl (C=O) groups is 1. The Kier molecular flexibility index (Phi) is 3.93. The molecule has 0 saturated heterocycles. The van der Waals surface area contributed by atoms with E-state index in [2.05, 4.69) is 10.6 Å². The Morgan fingerprint density at radius 1 is 1.04 bits per heavy atom. The molecule has 0 aliphatic carbocycles. The van der Waals surface area contributed by atoms with Crippen molar-refractivity contribution in [2.45, 2.75) is 6.54 Å². The van der Waals surface area contributed by atoms with E-state index in [1.165, 1.54) is 11.3 Å². The van der Waals surface area contributed by atoms with Gasteiger partial charge in [0.1, 0.15) is 0 Å². The number of hydrogen-bond donors (Lipinski definition) is 0. The summed E-state index contributed by atoms with van der Waals surface area (Å²) >= 11 is 1.46. The lowest BCUT2D eigenvalue weighted by atomic mass is 10.1. The fourth-order valence-corrected chi connectivity index (χ4v) is 3.66. The van der Waals surface area contributed by atoms with Crippen molar-refractivity contribution in [2.75, 3.05) is 0 Å². The first kappa shape index (κ1) is 15.4. The minimum absolute atomic E-state index is 0.0600. The van der Waals surface area contributed by atoms with Gasteiger partial charge in [0.05, 0.1) is 16.5 Å². The van der Waals surface area contributed by atoms with Crippen LogP contribution in [-0.2, 0) is 6.54 Å². The van der Waals surface area contributed by atoms with Crippen LogP contribution in [0, 0.1) is 11.3 Å². The number of ketones is 1. The molecule has 25 heavy (non-hydrogen) atoms. The highest BCUT2D eigenvalue weighted by Crippen LogP contribution is 2.26. The molecule has 2 aromatic heterocycles. The molecule has 4 heteroatoms. The van der Waals surface area contributed by atoms with Gasteiger partial charge in [-0.3, -0.25) is 4.79 Å². The number of thiophene rings is 1. The average molecular weight is 342 g/mol. The predicted molar refractivity (Wildman–Crippen MR) is 99.9 cm³/mol. The Morgan fingerprint density at radius 2 is 1.84 bits per heavy atom. The standard InChI is InChI=1S/C21H14N2OS/c22-12-15-7-9-16(10-8-15)13-23-14-18(17-4-1-2-5-19(17)23)21(24)20-6-3-11-25-20/h1-11,14H,13H2. The fraction of sp³-hybridized carbons (Fsp3) is 0.0476. The summed E-state index contributed by atoms with van der Waals surface area (Å²) in [6.07, 6.45) is 1.94. The molecule has 4 aromatic rings. The smallest absolute Gasteiger partial charge is 0.205 e. The van der Waals surface area contributed by atoms with Crippen LogP contribution < -0.4 is 0 Å². The van der Waals surface area contributed by atoms with E-state index in [9.17, 15) is 4.79 Å². The van der Waals surface area contributed by atoms with Gasteiger partial charge in [-0.2, -0.15) is 5.26 Å². The van der Waals surface area contributed by atoms with E-state index in [-0.39, 0.29) is 5.78 Å². The van der Waals surface area contributed by atoms with E-state index < -0.39 is 0 Å². The van der Waals surface area contributed by atoms with Gasteiger partial charge in [0, 0.05) is 29.2 Å². The molecule has 0 unspecified atom stereocenters. The van der Waals surface area contributed by atoms with E-state index in [0.717, 1.165) is 26.9 Å². The number of rotatable bonds is 4. The summed E-state index contributed by atoms with van der Waals surface area (Å²) < 4.78 is 2.09. The van der Waals surface area contributed by atoms with Crippen molar-refractivity contribution in [1.82, 2.24) is 4.57 Å². The van der Waals surface area contributed by atoms with E-state index in [0.29, 0.717) is 12.1 Å². The molecular formula is C21H14N2OS. The molecule has 0 aliphatic rings. The topological polar surface area (TPSA) is 45.8 Å². The van der Waals surface area contributed by atoms with Crippen molar-refractivity contribution in [3.8, 4) is 6.07 Å². The van der Waals surface area contributed by atoms with Crippen molar-refractivity contribution < 1.29 is 4.79 Å². The van der Waals surface area contributed by atoms with E-state index in [1.807, 2.05) is 72.2 Å². The lowest BCUT2D eigenvalue weighted by Crippen LogP contribution is -1.99. The maximum atomic E-state index is 12.8. The molecule has 2 aromatic carbocycles. The molecule has 0 saturated carbocycles. The van der Waals surface area contributed by atoms with E-state index >= 15 is 0 Å². The minimum Gasteiger partial charge on any atom is -0.342 e. The van der Waals surface area contributed by atoms with Gasteiger partial charge >= 0.3 is 0 Å². The Labute approximate surface area is 149 Å². The van der Waals surface area contributed by atoms with Gasteiger partial charge in [-0.25, -0.2) is 0 Å². The maximum Gasteiger partial charge on any atom is 0.205 e. The van der Waals surface area contributed by atoms with Crippen LogP contribution in [0.4, 0.5) is 0 Å². The number of nitriles is 1. The van der Waals surface area contributed by atoms with Gasteiger partial charge in [0.2, 0.25) is 5.78 Å². The van der Waals surface area contributed by atoms with Gasteiger partial charge in [-0.15, -0.1) is 11.3 Å². The number of aromatic nitrogens is 1. The summed E-state index contributed by atoms with van der Waals surface area (Å²) in [5.74, 6) is 0.0600. The number of fused-ring (bicyclic) bond motifs is 1. The molecule has 3 nitrogen and oxygen atoms in total. The van der Waals surface area contributed by atoms with Crippen LogP contribution in [-0.4, -0.2) is 10.4 Å². The van der Waals surface area contributed by atoms with Crippen LogP contribution in [0.25, 0.3) is 10.9 Å². The van der Waals surface area contributed by atoms with Crippen LogP contribution in [0.15, 0.2) is 72.2 Å². The molecule has 0 aliphatic heterocycles. The lowest BCUT2D eigenvalue weighted by molar-refractivity contribution is 0.104. The third-order valence-corrected chi connectivity index (χ3v) is 5.08. The van der Waals surface area contributed by atoms with Gasteiger partial charge in [0.15, 0.2) is 0 Å². The molecule has 0 spiro atoms. The zero-order chi connectivity index (χ0) is 17.2. The second-order valence-electron chi connectivity index (χ2n) is 5.80. The van der Waals surface area contributed by atoms with Crippen LogP contribution in [0.3, 0.4) is 0 Å². The third kappa shape index (κ3) is 2.86. The van der Waals surface area contributed by atoms with Crippen molar-refractivity contribution in [2.24, 2.45) is 0 Å². The fourth-order valence-electron chi connectivity index (χ4n) is 2.98. The molecule has 0 amide bonds. The monoisotopic (exact) mass is 342 g/mol. The van der Waals surface area contributed by atoms with E-state index in [4.69, 9.17) is 5.26 Å². The number of hydrogen-bond acceptors (Lipinski definition) is 3. The molecule has 0 radical (unpaired) electrons. The van der Waals surface area contributed by atoms with Crippen molar-refractivity contribution in [1.29, 1.82) is 5.26 Å². The molecule has 0 N–H and O–H groups in total. The molecule has 4 rings (SSSR count). The van der Waals surface area contributed by atoms with Crippen molar-refractivity contribution >= 4 is 28.0 Å². The maximum absolute atomic E-state index is 12.8. The van der Waals surface area contributed by atoms with Crippen molar-refractivity contribution in [3.05, 3.63) is 93.8 Å². The quantitative estimate of drug-likeness (QED) is 0.498. The minimum atomic E-state index is 0.0600. The third-order valence-electron chi connectivity index (χ3n) is 4.21. The zero-order valence-corrected chi connectivity index (χ0v) is 14.2. The second kappa shape index (κ2) is 6.39. The first-order valence-electron chi connectivity index (χ1n) is 7.91. The normalized spacial score (nSPS) is 10.7. The van der Waals surface area contributed by atoms with Crippen molar-refractivity contribution in [3.63, 3.8) is 0 Å². The van der Waals surface area contributed by atoms with Gasteiger partial charge in [-0.05, 0) is 35.2 Å². The first-order chi connectivity index (χ1) is 12.3. The summed E-state index contributed by atoms with van der Waals surface area (Å²) in [5.41, 5.74) is 3.50. The number of para-hydroxylation sites is 1. The van der Waals surface area contributed by atoms with Crippen LogP contribution in [0.5, 0.6) is 0 Å². The van der Waals surface area contributed by atoms with Gasteiger partial charge in [-0.1, -0.05) is 36.4 Å². The van der Waals surface area contributed by atoms with Crippen LogP contribution in [0.2, 0.25) is 0 Å². The molecule has 0 bridgehead atoms. The Morgan fingerprint density at radius 3 is 2.56 bits per heavy atom. The number of carbonyl (C=O) groups excluding carboxylic acids is 1. The molecule has 0 atom stereocenters. The molecular weight excluding hydrogens is 328 g/mol. The molecule has 2 heterocycles. The number of nitrogens with zero attached hydrogens (tertiary/aromatic N) is 2. The second-order valence-corrected chi connectivity index (χ2v) is 6.75. The Hall–Kier alpha value is -3.16. The summed E-state index contributed by atoms with van der Waals surface area (Å²) in [6, 6.07) is 21.4. The summed E-state index contributed by atoms with van der Waals surface area (Å²) in [4.78, 5) is 13.6. The predicted octanol–water partition coefficient (Wildman–Crippen LogP) is 4.85. The Bertz CT molecular complexity index is 1080. The summed E-state index contributed by atoms with van der Waals surface area (Å²) in [6.45, 7) is 0.657. The molecule has 0 fully saturated rings. The first-order valence-corrected chi connectivity index (χ1v) is 8.79. The van der Waals surface area contributed by atoms with Crippen LogP contribution >= 0.6 is 11.3 Å². The van der Waals surface area contributed by atoms with Gasteiger partial charge < -0.3 is 4.57 Å². The summed E-state index contributed by atoms with van der Waals surface area (Å²) in [7, 11) is 0. The van der Waals surface area contributed by atoms with Crippen LogP contribution in [0.1, 0.15) is 26.4 Å². The highest BCUT2D eigenvalue weighted by molar-refractivity contribution is 7.12. The zero-order valence-electron chi connectivity index (χ0n) is 13.3. The highest BCUT2D eigenvalue weighted by atomic mass is 32.1. The lowest BCUT2D eigenvalue weighted by Gasteiger charge is -2.05. The average Bonchev–Trinajstić information content (AvgIpc) is 3.31. The summed E-state index contributed by atoms with van der Waals surface area (Å²) in [5, 5.41) is 11.8. The largest absolute Gasteiger partial charge is 0.342 e. The Balaban J connectivity index is 1.77. The molecule has 120 valence electrons.